The zero-order valence-electron chi connectivity index (χ0n) is 19.1. The maximum absolute atomic E-state index is 13.2. The van der Waals surface area contributed by atoms with Crippen LogP contribution in [0.5, 0.6) is 5.88 Å². The number of hydrogen-bond acceptors (Lipinski definition) is 6. The first-order valence-corrected chi connectivity index (χ1v) is 10.8. The van der Waals surface area contributed by atoms with Crippen molar-refractivity contribution < 1.29 is 14.3 Å². The molecule has 0 saturated heterocycles. The van der Waals surface area contributed by atoms with E-state index >= 15 is 0 Å². The van der Waals surface area contributed by atoms with Gasteiger partial charge in [0.1, 0.15) is 5.82 Å². The van der Waals surface area contributed by atoms with Crippen molar-refractivity contribution in [2.24, 2.45) is 5.41 Å². The lowest BCUT2D eigenvalue weighted by Gasteiger charge is -2.37. The largest absolute Gasteiger partial charge is 0.414 e. The molecule has 0 fully saturated rings. The number of amides is 1. The third-order valence-corrected chi connectivity index (χ3v) is 5.55. The summed E-state index contributed by atoms with van der Waals surface area (Å²) >= 11 is 0. The van der Waals surface area contributed by atoms with Crippen molar-refractivity contribution in [3.63, 3.8) is 0 Å². The van der Waals surface area contributed by atoms with Crippen LogP contribution in [0.2, 0.25) is 0 Å². The van der Waals surface area contributed by atoms with E-state index in [1.165, 1.54) is 0 Å². The molecule has 2 aliphatic rings. The predicted octanol–water partition coefficient (Wildman–Crippen LogP) is 4.48. The van der Waals surface area contributed by atoms with Crippen molar-refractivity contribution >= 4 is 23.8 Å². The van der Waals surface area contributed by atoms with Crippen molar-refractivity contribution in [1.29, 1.82) is 0 Å². The van der Waals surface area contributed by atoms with Crippen LogP contribution < -0.4 is 15.4 Å². The van der Waals surface area contributed by atoms with Gasteiger partial charge in [0.05, 0.1) is 11.3 Å². The van der Waals surface area contributed by atoms with Gasteiger partial charge >= 0.3 is 6.09 Å². The summed E-state index contributed by atoms with van der Waals surface area (Å²) in [5, 5.41) is 13.2. The summed E-state index contributed by atoms with van der Waals surface area (Å²) in [5.74, 6) is 0.461. The molecule has 1 unspecified atom stereocenters. The fourth-order valence-corrected chi connectivity index (χ4v) is 4.30. The van der Waals surface area contributed by atoms with Gasteiger partial charge in [-0.3, -0.25) is 14.9 Å². The Morgan fingerprint density at radius 2 is 2.09 bits per heavy atom. The Bertz CT molecular complexity index is 1130. The van der Waals surface area contributed by atoms with Gasteiger partial charge in [0.25, 0.3) is 0 Å². The molecule has 8 heteroatoms. The number of nitrogens with one attached hydrogen (secondary N) is 3. The Labute approximate surface area is 187 Å². The molecule has 0 aromatic carbocycles. The highest BCUT2D eigenvalue weighted by atomic mass is 16.6. The fraction of sp³-hybridized carbons (Fsp3) is 0.417. The average molecular weight is 436 g/mol. The van der Waals surface area contributed by atoms with Gasteiger partial charge in [0.15, 0.2) is 5.78 Å². The monoisotopic (exact) mass is 435 g/mol. The van der Waals surface area contributed by atoms with Crippen LogP contribution in [-0.2, 0) is 4.79 Å². The summed E-state index contributed by atoms with van der Waals surface area (Å²) in [4.78, 5) is 30.0. The number of aromatic nitrogens is 3. The maximum Gasteiger partial charge on any atom is 0.414 e. The lowest BCUT2D eigenvalue weighted by atomic mass is 9.70. The average Bonchev–Trinajstić information content (AvgIpc) is 3.06. The van der Waals surface area contributed by atoms with Crippen LogP contribution in [0.3, 0.4) is 0 Å². The second-order valence-electron chi connectivity index (χ2n) is 9.50. The quantitative estimate of drug-likeness (QED) is 0.654. The number of ether oxygens (including phenoxy) is 1. The highest BCUT2D eigenvalue weighted by Gasteiger charge is 2.41. The summed E-state index contributed by atoms with van der Waals surface area (Å²) < 4.78 is 5.51. The van der Waals surface area contributed by atoms with E-state index in [9.17, 15) is 9.59 Å². The number of anilines is 1. The minimum atomic E-state index is -0.590. The molecule has 0 spiro atoms. The van der Waals surface area contributed by atoms with Crippen molar-refractivity contribution in [1.82, 2.24) is 20.5 Å². The number of aryl methyl sites for hydroxylation is 1. The summed E-state index contributed by atoms with van der Waals surface area (Å²) in [7, 11) is 0. The molecule has 4 rings (SSSR count). The highest BCUT2D eigenvalue weighted by Crippen LogP contribution is 2.49. The second-order valence-corrected chi connectivity index (χ2v) is 9.50. The van der Waals surface area contributed by atoms with Gasteiger partial charge < -0.3 is 15.4 Å². The molecule has 3 N–H and O–H groups in total. The zero-order chi connectivity index (χ0) is 23.0. The molecule has 168 valence electrons. The molecule has 32 heavy (non-hydrogen) atoms. The summed E-state index contributed by atoms with van der Waals surface area (Å²) in [6.45, 7) is 9.81. The molecular formula is C24H29N5O3. The Balaban J connectivity index is 1.76. The van der Waals surface area contributed by atoms with E-state index in [2.05, 4.69) is 39.7 Å². The Kier molecular flexibility index (Phi) is 5.62. The molecule has 0 saturated carbocycles. The zero-order valence-corrected chi connectivity index (χ0v) is 19.1. The minimum Gasteiger partial charge on any atom is -0.389 e. The van der Waals surface area contributed by atoms with Crippen LogP contribution >= 0.6 is 0 Å². The standard InChI is InChI=1S/C24H29N5O3/c1-13(2)25-23(31)32-22-20-16(10-9-15-8-6-7-14(3)26-15)19-17(27-21(20)28-29-22)11-24(4,5)12-18(19)30/h6-10,13,16H,11-12H2,1-5H3,(H,25,31)(H2,27,28,29)/b10-9+. The Hall–Kier alpha value is -3.42. The summed E-state index contributed by atoms with van der Waals surface area (Å²) in [6, 6.07) is 5.71. The third-order valence-electron chi connectivity index (χ3n) is 5.55. The third kappa shape index (κ3) is 4.44. The fourth-order valence-electron chi connectivity index (χ4n) is 4.30. The number of H-pyrrole nitrogens is 1. The van der Waals surface area contributed by atoms with E-state index in [0.29, 0.717) is 23.4 Å². The van der Waals surface area contributed by atoms with Crippen LogP contribution in [-0.4, -0.2) is 33.1 Å². The van der Waals surface area contributed by atoms with Gasteiger partial charge in [0, 0.05) is 35.3 Å². The van der Waals surface area contributed by atoms with Crippen molar-refractivity contribution in [2.75, 3.05) is 5.32 Å². The van der Waals surface area contributed by atoms with E-state index in [4.69, 9.17) is 4.74 Å². The number of rotatable bonds is 4. The number of aromatic amines is 1. The molecule has 1 aliphatic carbocycles. The topological polar surface area (TPSA) is 109 Å². The number of Topliss-reactive ketones (excluding diaryl/α,β-unsaturated/α-hetero) is 1. The van der Waals surface area contributed by atoms with Gasteiger partial charge in [-0.1, -0.05) is 26.0 Å². The highest BCUT2D eigenvalue weighted by molar-refractivity contribution is 6.01. The van der Waals surface area contributed by atoms with Crippen LogP contribution in [0.25, 0.3) is 6.08 Å². The van der Waals surface area contributed by atoms with E-state index < -0.39 is 12.0 Å². The van der Waals surface area contributed by atoms with E-state index in [1.54, 1.807) is 0 Å². The first-order valence-electron chi connectivity index (χ1n) is 10.8. The van der Waals surface area contributed by atoms with Gasteiger partial charge in [-0.05, 0) is 50.8 Å². The summed E-state index contributed by atoms with van der Waals surface area (Å²) in [5.41, 5.74) is 3.78. The van der Waals surface area contributed by atoms with E-state index in [0.717, 1.165) is 23.5 Å². The van der Waals surface area contributed by atoms with Crippen LogP contribution in [0.4, 0.5) is 10.6 Å². The van der Waals surface area contributed by atoms with Crippen molar-refractivity contribution in [3.05, 3.63) is 52.5 Å². The number of fused-ring (bicyclic) bond motifs is 1. The number of pyridine rings is 1. The number of nitrogens with zero attached hydrogens (tertiary/aromatic N) is 2. The Morgan fingerprint density at radius 3 is 2.81 bits per heavy atom. The molecule has 1 aliphatic heterocycles. The first-order chi connectivity index (χ1) is 15.1. The number of hydrogen-bond donors (Lipinski definition) is 3. The maximum atomic E-state index is 13.2. The molecular weight excluding hydrogens is 406 g/mol. The number of allylic oxidation sites excluding steroid dienone is 3. The molecule has 1 atom stereocenters. The van der Waals surface area contributed by atoms with Crippen molar-refractivity contribution in [3.8, 4) is 5.88 Å². The summed E-state index contributed by atoms with van der Waals surface area (Å²) in [6.07, 6.45) is 4.44. The molecule has 0 radical (unpaired) electrons. The number of carbonyl (C=O) groups excluding carboxylic acids is 2. The van der Waals surface area contributed by atoms with Crippen LogP contribution in [0.15, 0.2) is 35.5 Å². The van der Waals surface area contributed by atoms with Crippen LogP contribution in [0.1, 0.15) is 63.4 Å². The second kappa shape index (κ2) is 8.26. The van der Waals surface area contributed by atoms with Gasteiger partial charge in [-0.15, -0.1) is 5.10 Å². The van der Waals surface area contributed by atoms with E-state index in [-0.39, 0.29) is 23.1 Å². The lowest BCUT2D eigenvalue weighted by molar-refractivity contribution is -0.118. The SMILES string of the molecule is Cc1cccc(/C=C/C2C3=C(CC(C)(C)CC3=O)Nc3[nH]nc(OC(=O)NC(C)C)c32)n1. The van der Waals surface area contributed by atoms with Gasteiger partial charge in [0.2, 0.25) is 5.88 Å². The Morgan fingerprint density at radius 1 is 1.31 bits per heavy atom. The predicted molar refractivity (Wildman–Crippen MR) is 122 cm³/mol. The minimum absolute atomic E-state index is 0.0741. The molecule has 3 heterocycles. The van der Waals surface area contributed by atoms with Crippen molar-refractivity contribution in [2.45, 2.75) is 59.4 Å². The van der Waals surface area contributed by atoms with Gasteiger partial charge in [-0.25, -0.2) is 4.79 Å². The van der Waals surface area contributed by atoms with E-state index in [1.807, 2.05) is 51.1 Å². The van der Waals surface area contributed by atoms with Gasteiger partial charge in [-0.2, -0.15) is 0 Å². The molecule has 2 aromatic heterocycles. The smallest absolute Gasteiger partial charge is 0.389 e. The number of ketones is 1. The van der Waals surface area contributed by atoms with Crippen LogP contribution in [0, 0.1) is 12.3 Å². The molecule has 0 bridgehead atoms. The first kappa shape index (κ1) is 21.8. The molecule has 2 aromatic rings. The molecule has 8 nitrogen and oxygen atoms in total. The lowest BCUT2D eigenvalue weighted by Crippen LogP contribution is -2.34. The molecule has 1 amide bonds. The normalized spacial score (nSPS) is 19.6. The number of carbonyl (C=O) groups is 2.